The van der Waals surface area contributed by atoms with Crippen LogP contribution in [0.3, 0.4) is 0 Å². The van der Waals surface area contributed by atoms with Crippen molar-refractivity contribution in [3.05, 3.63) is 23.8 Å². The predicted octanol–water partition coefficient (Wildman–Crippen LogP) is 2.04. The SMILES string of the molecule is CNc1cccc2c1N[C@@H]1[C@H]2CCN1C(=O)OC. The Balaban J connectivity index is 1.94. The van der Waals surface area contributed by atoms with Crippen LogP contribution in [0.15, 0.2) is 18.2 Å². The highest BCUT2D eigenvalue weighted by Gasteiger charge is 2.44. The molecule has 96 valence electrons. The summed E-state index contributed by atoms with van der Waals surface area (Å²) in [5.74, 6) is 0.368. The summed E-state index contributed by atoms with van der Waals surface area (Å²) in [4.78, 5) is 13.5. The molecule has 0 aromatic heterocycles. The summed E-state index contributed by atoms with van der Waals surface area (Å²) in [6.07, 6.45) is 0.753. The fourth-order valence-electron chi connectivity index (χ4n) is 3.02. The van der Waals surface area contributed by atoms with Crippen molar-refractivity contribution in [3.63, 3.8) is 0 Å². The van der Waals surface area contributed by atoms with Crippen molar-refractivity contribution in [3.8, 4) is 0 Å². The smallest absolute Gasteiger partial charge is 0.411 e. The minimum Gasteiger partial charge on any atom is -0.453 e. The van der Waals surface area contributed by atoms with Crippen molar-refractivity contribution in [2.24, 2.45) is 0 Å². The second-order valence-electron chi connectivity index (χ2n) is 4.67. The predicted molar refractivity (Wildman–Crippen MR) is 69.9 cm³/mol. The number of fused-ring (bicyclic) bond motifs is 3. The van der Waals surface area contributed by atoms with Crippen LogP contribution < -0.4 is 10.6 Å². The molecule has 1 amide bonds. The normalized spacial score (nSPS) is 24.2. The highest BCUT2D eigenvalue weighted by Crippen LogP contribution is 2.46. The summed E-state index contributed by atoms with van der Waals surface area (Å²) in [6, 6.07) is 6.22. The highest BCUT2D eigenvalue weighted by atomic mass is 16.5. The minimum atomic E-state index is -0.256. The molecular weight excluding hydrogens is 230 g/mol. The van der Waals surface area contributed by atoms with E-state index in [1.807, 2.05) is 13.1 Å². The molecule has 2 aliphatic heterocycles. The summed E-state index contributed by atoms with van der Waals surface area (Å²) in [5, 5.41) is 6.62. The van der Waals surface area contributed by atoms with Gasteiger partial charge in [0.1, 0.15) is 6.17 Å². The molecule has 0 bridgehead atoms. The lowest BCUT2D eigenvalue weighted by Crippen LogP contribution is -2.40. The summed E-state index contributed by atoms with van der Waals surface area (Å²) in [7, 11) is 3.33. The standard InChI is InChI=1S/C13H17N3O2/c1-14-10-5-3-4-8-9-6-7-16(13(17)18-2)12(9)15-11(8)10/h3-5,9,12,14-15H,6-7H2,1-2H3/t9-,12-/m0/s1. The molecule has 2 heterocycles. The maximum absolute atomic E-state index is 11.7. The van der Waals surface area contributed by atoms with Gasteiger partial charge in [-0.2, -0.15) is 0 Å². The molecule has 2 atom stereocenters. The van der Waals surface area contributed by atoms with Crippen molar-refractivity contribution in [1.82, 2.24) is 4.90 Å². The minimum absolute atomic E-state index is 0.0296. The number of benzene rings is 1. The number of likely N-dealkylation sites (tertiary alicyclic amines) is 1. The highest BCUT2D eigenvalue weighted by molar-refractivity contribution is 5.79. The molecule has 0 radical (unpaired) electrons. The number of carbonyl (C=O) groups excluding carboxylic acids is 1. The van der Waals surface area contributed by atoms with Crippen LogP contribution in [0.5, 0.6) is 0 Å². The molecular formula is C13H17N3O2. The second-order valence-corrected chi connectivity index (χ2v) is 4.67. The van der Waals surface area contributed by atoms with Crippen molar-refractivity contribution in [2.75, 3.05) is 31.3 Å². The lowest BCUT2D eigenvalue weighted by Gasteiger charge is -2.23. The number of nitrogens with zero attached hydrogens (tertiary/aromatic N) is 1. The summed E-state index contributed by atoms with van der Waals surface area (Å²) < 4.78 is 4.83. The van der Waals surface area contributed by atoms with E-state index in [4.69, 9.17) is 4.74 Å². The van der Waals surface area contributed by atoms with Crippen LogP contribution >= 0.6 is 0 Å². The Morgan fingerprint density at radius 3 is 3.11 bits per heavy atom. The molecule has 0 unspecified atom stereocenters. The van der Waals surface area contributed by atoms with Crippen LogP contribution in [0, 0.1) is 0 Å². The zero-order valence-electron chi connectivity index (χ0n) is 10.6. The van der Waals surface area contributed by atoms with E-state index in [0.29, 0.717) is 5.92 Å². The molecule has 1 fully saturated rings. The number of hydrogen-bond donors (Lipinski definition) is 2. The van der Waals surface area contributed by atoms with E-state index in [1.165, 1.54) is 12.7 Å². The number of amides is 1. The fourth-order valence-corrected chi connectivity index (χ4v) is 3.02. The van der Waals surface area contributed by atoms with Crippen LogP contribution in [0.2, 0.25) is 0 Å². The number of para-hydroxylation sites is 1. The Labute approximate surface area is 106 Å². The second kappa shape index (κ2) is 4.08. The van der Waals surface area contributed by atoms with E-state index in [2.05, 4.69) is 22.8 Å². The molecule has 2 aliphatic rings. The first-order valence-electron chi connectivity index (χ1n) is 6.18. The summed E-state index contributed by atoms with van der Waals surface area (Å²) in [6.45, 7) is 0.748. The zero-order valence-corrected chi connectivity index (χ0v) is 10.6. The topological polar surface area (TPSA) is 53.6 Å². The van der Waals surface area contributed by atoms with Gasteiger partial charge in [-0.3, -0.25) is 4.90 Å². The van der Waals surface area contributed by atoms with Gasteiger partial charge in [-0.1, -0.05) is 12.1 Å². The third-order valence-electron chi connectivity index (χ3n) is 3.86. The van der Waals surface area contributed by atoms with Crippen molar-refractivity contribution in [1.29, 1.82) is 0 Å². The van der Waals surface area contributed by atoms with Gasteiger partial charge in [0, 0.05) is 19.5 Å². The van der Waals surface area contributed by atoms with E-state index in [0.717, 1.165) is 24.3 Å². The van der Waals surface area contributed by atoms with Gasteiger partial charge in [0.05, 0.1) is 18.5 Å². The number of nitrogens with one attached hydrogen (secondary N) is 2. The van der Waals surface area contributed by atoms with Crippen molar-refractivity contribution < 1.29 is 9.53 Å². The number of hydrogen-bond acceptors (Lipinski definition) is 4. The molecule has 18 heavy (non-hydrogen) atoms. The van der Waals surface area contributed by atoms with E-state index in [9.17, 15) is 4.79 Å². The van der Waals surface area contributed by atoms with E-state index < -0.39 is 0 Å². The number of methoxy groups -OCH3 is 1. The maximum atomic E-state index is 11.7. The fraction of sp³-hybridized carbons (Fsp3) is 0.462. The molecule has 0 aliphatic carbocycles. The molecule has 1 aromatic rings. The summed E-state index contributed by atoms with van der Waals surface area (Å²) in [5.41, 5.74) is 3.48. The van der Waals surface area contributed by atoms with Gasteiger partial charge in [-0.25, -0.2) is 4.79 Å². The molecule has 0 spiro atoms. The third-order valence-corrected chi connectivity index (χ3v) is 3.86. The van der Waals surface area contributed by atoms with Crippen molar-refractivity contribution >= 4 is 17.5 Å². The average Bonchev–Trinajstić information content (AvgIpc) is 2.96. The van der Waals surface area contributed by atoms with E-state index in [-0.39, 0.29) is 12.3 Å². The largest absolute Gasteiger partial charge is 0.453 e. The molecule has 3 rings (SSSR count). The number of ether oxygens (including phenoxy) is 1. The molecule has 5 nitrogen and oxygen atoms in total. The first kappa shape index (κ1) is 11.2. The quantitative estimate of drug-likeness (QED) is 0.797. The van der Waals surface area contributed by atoms with Crippen molar-refractivity contribution in [2.45, 2.75) is 18.5 Å². The van der Waals surface area contributed by atoms with E-state index in [1.54, 1.807) is 4.90 Å². The van der Waals surface area contributed by atoms with Crippen LogP contribution in [-0.2, 0) is 4.74 Å². The lowest BCUT2D eigenvalue weighted by molar-refractivity contribution is 0.122. The number of anilines is 2. The average molecular weight is 247 g/mol. The van der Waals surface area contributed by atoms with Crippen LogP contribution in [0.25, 0.3) is 0 Å². The van der Waals surface area contributed by atoms with Gasteiger partial charge < -0.3 is 15.4 Å². The molecule has 0 saturated carbocycles. The Morgan fingerprint density at radius 1 is 1.56 bits per heavy atom. The Kier molecular flexibility index (Phi) is 2.54. The van der Waals surface area contributed by atoms with E-state index >= 15 is 0 Å². The van der Waals surface area contributed by atoms with Gasteiger partial charge in [-0.15, -0.1) is 0 Å². The van der Waals surface area contributed by atoms with Gasteiger partial charge in [0.2, 0.25) is 0 Å². The number of rotatable bonds is 1. The maximum Gasteiger partial charge on any atom is 0.411 e. The molecule has 1 aromatic carbocycles. The van der Waals surface area contributed by atoms with Gasteiger partial charge in [0.25, 0.3) is 0 Å². The Hall–Kier alpha value is -1.91. The number of carbonyl (C=O) groups is 1. The molecule has 2 N–H and O–H groups in total. The third kappa shape index (κ3) is 1.43. The molecule has 1 saturated heterocycles. The first-order chi connectivity index (χ1) is 8.76. The molecule has 5 heteroatoms. The van der Waals surface area contributed by atoms with Crippen LogP contribution in [0.1, 0.15) is 17.9 Å². The Morgan fingerprint density at radius 2 is 2.39 bits per heavy atom. The Bertz CT molecular complexity index is 489. The monoisotopic (exact) mass is 247 g/mol. The summed E-state index contributed by atoms with van der Waals surface area (Å²) >= 11 is 0. The zero-order chi connectivity index (χ0) is 12.7. The van der Waals surface area contributed by atoms with Gasteiger partial charge in [-0.05, 0) is 18.1 Å². The van der Waals surface area contributed by atoms with Crippen LogP contribution in [-0.4, -0.2) is 37.9 Å². The van der Waals surface area contributed by atoms with Crippen LogP contribution in [0.4, 0.5) is 16.2 Å². The first-order valence-corrected chi connectivity index (χ1v) is 6.18. The lowest BCUT2D eigenvalue weighted by atomic mass is 9.98. The van der Waals surface area contributed by atoms with Gasteiger partial charge >= 0.3 is 6.09 Å². The van der Waals surface area contributed by atoms with Gasteiger partial charge in [0.15, 0.2) is 0 Å².